The van der Waals surface area contributed by atoms with Crippen LogP contribution in [0.1, 0.15) is 39.5 Å². The minimum absolute atomic E-state index is 0.0709. The zero-order valence-electron chi connectivity index (χ0n) is 9.97. The van der Waals surface area contributed by atoms with Crippen LogP contribution in [0.4, 0.5) is 0 Å². The monoisotopic (exact) mass is 257 g/mol. The first-order valence-electron chi connectivity index (χ1n) is 5.90. The second-order valence-corrected chi connectivity index (χ2v) is 7.15. The molecule has 1 saturated heterocycles. The first kappa shape index (κ1) is 12.4. The van der Waals surface area contributed by atoms with E-state index in [9.17, 15) is 4.79 Å². The molecule has 2 fully saturated rings. The summed E-state index contributed by atoms with van der Waals surface area (Å²) in [6.07, 6.45) is 4.76. The van der Waals surface area contributed by atoms with Gasteiger partial charge in [0.2, 0.25) is 5.91 Å². The van der Waals surface area contributed by atoms with Crippen molar-refractivity contribution in [2.24, 2.45) is 0 Å². The quantitative estimate of drug-likeness (QED) is 0.782. The van der Waals surface area contributed by atoms with Gasteiger partial charge in [0.25, 0.3) is 0 Å². The minimum Gasteiger partial charge on any atom is -0.347 e. The highest BCUT2D eigenvalue weighted by Gasteiger charge is 2.37. The van der Waals surface area contributed by atoms with Crippen molar-refractivity contribution < 1.29 is 4.79 Å². The Balaban J connectivity index is 2.21. The van der Waals surface area contributed by atoms with Gasteiger partial charge in [-0.05, 0) is 49.7 Å². The van der Waals surface area contributed by atoms with E-state index in [2.05, 4.69) is 12.2 Å². The maximum Gasteiger partial charge on any atom is 0.217 e. The van der Waals surface area contributed by atoms with Crippen LogP contribution in [-0.2, 0) is 4.79 Å². The summed E-state index contributed by atoms with van der Waals surface area (Å²) in [6, 6.07) is 0. The normalized spacial score (nSPS) is 30.6. The van der Waals surface area contributed by atoms with E-state index < -0.39 is 0 Å². The first-order valence-corrected chi connectivity index (χ1v) is 7.87. The van der Waals surface area contributed by atoms with Crippen molar-refractivity contribution in [2.75, 3.05) is 11.5 Å². The fraction of sp³-hybridized carbons (Fsp3) is 0.750. The van der Waals surface area contributed by atoms with Gasteiger partial charge in [-0.15, -0.1) is 23.5 Å². The Morgan fingerprint density at radius 3 is 2.62 bits per heavy atom. The molecular formula is C12H19NOS2. The molecule has 1 heterocycles. The zero-order valence-corrected chi connectivity index (χ0v) is 11.6. The van der Waals surface area contributed by atoms with Crippen LogP contribution in [0.2, 0.25) is 0 Å². The summed E-state index contributed by atoms with van der Waals surface area (Å²) in [7, 11) is 0. The molecule has 1 unspecified atom stereocenters. The van der Waals surface area contributed by atoms with Crippen molar-refractivity contribution in [3.05, 3.63) is 9.81 Å². The molecule has 0 aromatic heterocycles. The Morgan fingerprint density at radius 2 is 2.00 bits per heavy atom. The highest BCUT2D eigenvalue weighted by Crippen LogP contribution is 2.46. The third-order valence-electron chi connectivity index (χ3n) is 3.22. The summed E-state index contributed by atoms with van der Waals surface area (Å²) in [5.41, 5.74) is 1.41. The number of carbonyl (C=O) groups is 1. The highest BCUT2D eigenvalue weighted by molar-refractivity contribution is 8.22. The van der Waals surface area contributed by atoms with Gasteiger partial charge in [-0.25, -0.2) is 0 Å². The molecule has 0 bridgehead atoms. The van der Waals surface area contributed by atoms with Crippen molar-refractivity contribution in [1.29, 1.82) is 0 Å². The van der Waals surface area contributed by atoms with Crippen molar-refractivity contribution in [3.63, 3.8) is 0 Å². The van der Waals surface area contributed by atoms with E-state index in [4.69, 9.17) is 0 Å². The van der Waals surface area contributed by atoms with Crippen LogP contribution in [0.3, 0.4) is 0 Å². The van der Waals surface area contributed by atoms with Gasteiger partial charge < -0.3 is 5.32 Å². The fourth-order valence-electron chi connectivity index (χ4n) is 2.50. The summed E-state index contributed by atoms with van der Waals surface area (Å²) < 4.78 is 1.49. The van der Waals surface area contributed by atoms with Gasteiger partial charge in [-0.1, -0.05) is 0 Å². The Hall–Kier alpha value is -0.0900. The number of amides is 1. The predicted molar refractivity (Wildman–Crippen MR) is 72.6 cm³/mol. The SMILES string of the molecule is CC(=O)NC1(C)CCCC1=C1SCCCS1. The van der Waals surface area contributed by atoms with Crippen LogP contribution in [0.5, 0.6) is 0 Å². The molecule has 2 nitrogen and oxygen atoms in total. The van der Waals surface area contributed by atoms with Gasteiger partial charge in [0.05, 0.1) is 5.54 Å². The average molecular weight is 257 g/mol. The number of rotatable bonds is 1. The van der Waals surface area contributed by atoms with Gasteiger partial charge in [0, 0.05) is 11.2 Å². The van der Waals surface area contributed by atoms with E-state index >= 15 is 0 Å². The van der Waals surface area contributed by atoms with E-state index in [1.807, 2.05) is 23.5 Å². The largest absolute Gasteiger partial charge is 0.347 e. The number of thioether (sulfide) groups is 2. The van der Waals surface area contributed by atoms with Crippen molar-refractivity contribution in [1.82, 2.24) is 5.32 Å². The Morgan fingerprint density at radius 1 is 1.31 bits per heavy atom. The molecular weight excluding hydrogens is 238 g/mol. The first-order chi connectivity index (χ1) is 7.62. The van der Waals surface area contributed by atoms with E-state index in [1.165, 1.54) is 34.2 Å². The van der Waals surface area contributed by atoms with Crippen molar-refractivity contribution in [2.45, 2.75) is 45.1 Å². The van der Waals surface area contributed by atoms with E-state index in [-0.39, 0.29) is 11.4 Å². The summed E-state index contributed by atoms with van der Waals surface area (Å²) in [5, 5.41) is 3.14. The van der Waals surface area contributed by atoms with Gasteiger partial charge in [0.15, 0.2) is 0 Å². The summed E-state index contributed by atoms with van der Waals surface area (Å²) in [4.78, 5) is 11.3. The lowest BCUT2D eigenvalue weighted by Gasteiger charge is -2.30. The molecule has 0 radical (unpaired) electrons. The molecule has 1 saturated carbocycles. The number of carbonyl (C=O) groups excluding carboxylic acids is 1. The maximum absolute atomic E-state index is 11.3. The Labute approximate surface area is 106 Å². The molecule has 1 aliphatic carbocycles. The van der Waals surface area contributed by atoms with E-state index in [0.29, 0.717) is 0 Å². The van der Waals surface area contributed by atoms with Crippen LogP contribution >= 0.6 is 23.5 Å². The van der Waals surface area contributed by atoms with Gasteiger partial charge in [-0.2, -0.15) is 0 Å². The van der Waals surface area contributed by atoms with Crippen LogP contribution in [0, 0.1) is 0 Å². The molecule has 2 rings (SSSR count). The standard InChI is InChI=1S/C12H19NOS2/c1-9(14)13-12(2)6-3-5-10(12)11-15-7-4-8-16-11/h3-8H2,1-2H3,(H,13,14). The second-order valence-electron chi connectivity index (χ2n) is 4.68. The number of nitrogens with one attached hydrogen (secondary N) is 1. The van der Waals surface area contributed by atoms with Crippen LogP contribution in [0.25, 0.3) is 0 Å². The van der Waals surface area contributed by atoms with Crippen molar-refractivity contribution in [3.8, 4) is 0 Å². The van der Waals surface area contributed by atoms with Crippen LogP contribution in [0.15, 0.2) is 9.81 Å². The molecule has 0 aromatic rings. The Kier molecular flexibility index (Phi) is 3.90. The lowest BCUT2D eigenvalue weighted by atomic mass is 9.96. The van der Waals surface area contributed by atoms with E-state index in [0.717, 1.165) is 12.8 Å². The molecule has 90 valence electrons. The third-order valence-corrected chi connectivity index (χ3v) is 5.93. The molecule has 16 heavy (non-hydrogen) atoms. The summed E-state index contributed by atoms with van der Waals surface area (Å²) in [6.45, 7) is 3.80. The maximum atomic E-state index is 11.3. The van der Waals surface area contributed by atoms with Gasteiger partial charge in [-0.3, -0.25) is 4.79 Å². The topological polar surface area (TPSA) is 29.1 Å². The molecule has 0 spiro atoms. The smallest absolute Gasteiger partial charge is 0.217 e. The molecule has 1 N–H and O–H groups in total. The zero-order chi connectivity index (χ0) is 11.6. The Bertz CT molecular complexity index is 319. The third kappa shape index (κ3) is 2.59. The molecule has 2 aliphatic rings. The fourth-order valence-corrected chi connectivity index (χ4v) is 5.47. The minimum atomic E-state index is -0.0709. The lowest BCUT2D eigenvalue weighted by Crippen LogP contribution is -2.44. The van der Waals surface area contributed by atoms with Gasteiger partial charge >= 0.3 is 0 Å². The van der Waals surface area contributed by atoms with Gasteiger partial charge in [0.1, 0.15) is 0 Å². The molecule has 0 aromatic carbocycles. The second kappa shape index (κ2) is 5.05. The highest BCUT2D eigenvalue weighted by atomic mass is 32.2. The number of hydrogen-bond donors (Lipinski definition) is 1. The molecule has 4 heteroatoms. The number of hydrogen-bond acceptors (Lipinski definition) is 3. The van der Waals surface area contributed by atoms with Crippen LogP contribution < -0.4 is 5.32 Å². The van der Waals surface area contributed by atoms with E-state index in [1.54, 1.807) is 6.92 Å². The average Bonchev–Trinajstić information content (AvgIpc) is 2.60. The molecule has 1 aliphatic heterocycles. The molecule has 1 amide bonds. The predicted octanol–water partition coefficient (Wildman–Crippen LogP) is 3.15. The summed E-state index contributed by atoms with van der Waals surface area (Å²) in [5.74, 6) is 2.57. The lowest BCUT2D eigenvalue weighted by molar-refractivity contribution is -0.120. The van der Waals surface area contributed by atoms with Crippen molar-refractivity contribution >= 4 is 29.4 Å². The molecule has 1 atom stereocenters. The summed E-state index contributed by atoms with van der Waals surface area (Å²) >= 11 is 3.96. The van der Waals surface area contributed by atoms with Crippen LogP contribution in [-0.4, -0.2) is 23.0 Å².